The maximum Gasteiger partial charge on any atom is 0.279 e. The lowest BCUT2D eigenvalue weighted by Gasteiger charge is -2.06. The third-order valence-corrected chi connectivity index (χ3v) is 2.37. The summed E-state index contributed by atoms with van der Waals surface area (Å²) in [7, 11) is 0. The van der Waals surface area contributed by atoms with Crippen molar-refractivity contribution in [3.05, 3.63) is 22.5 Å². The summed E-state index contributed by atoms with van der Waals surface area (Å²) in [5.74, 6) is 0.704. The Morgan fingerprint density at radius 3 is 2.87 bits per heavy atom. The van der Waals surface area contributed by atoms with E-state index in [1.807, 2.05) is 25.3 Å². The average Bonchev–Trinajstić information content (AvgIpc) is 2.61. The van der Waals surface area contributed by atoms with Gasteiger partial charge in [-0.25, -0.2) is 9.97 Å². The SMILES string of the molecule is CCc1nc2c(ncn2C(C)C)c(=O)[nH]1. The summed E-state index contributed by atoms with van der Waals surface area (Å²) in [5, 5.41) is 0. The van der Waals surface area contributed by atoms with Crippen LogP contribution in [0.1, 0.15) is 32.6 Å². The number of aromatic amines is 1. The van der Waals surface area contributed by atoms with Gasteiger partial charge in [0.05, 0.1) is 6.33 Å². The van der Waals surface area contributed by atoms with Crippen LogP contribution in [0.15, 0.2) is 11.1 Å². The zero-order valence-electron chi connectivity index (χ0n) is 9.11. The van der Waals surface area contributed by atoms with Crippen LogP contribution in [0.3, 0.4) is 0 Å². The predicted octanol–water partition coefficient (Wildman–Crippen LogP) is 1.26. The monoisotopic (exact) mass is 206 g/mol. The minimum Gasteiger partial charge on any atom is -0.313 e. The van der Waals surface area contributed by atoms with E-state index < -0.39 is 0 Å². The molecule has 15 heavy (non-hydrogen) atoms. The summed E-state index contributed by atoms with van der Waals surface area (Å²) in [6.07, 6.45) is 2.38. The van der Waals surface area contributed by atoms with Gasteiger partial charge in [0.15, 0.2) is 11.2 Å². The van der Waals surface area contributed by atoms with Crippen molar-refractivity contribution in [3.8, 4) is 0 Å². The molecule has 0 saturated carbocycles. The molecule has 0 spiro atoms. The molecule has 0 aromatic carbocycles. The Bertz CT molecular complexity index is 538. The molecule has 5 nitrogen and oxygen atoms in total. The molecule has 0 radical (unpaired) electrons. The first-order valence-electron chi connectivity index (χ1n) is 5.09. The molecule has 0 fully saturated rings. The fraction of sp³-hybridized carbons (Fsp3) is 0.500. The van der Waals surface area contributed by atoms with Crippen LogP contribution in [0.4, 0.5) is 0 Å². The van der Waals surface area contributed by atoms with E-state index in [0.717, 1.165) is 0 Å². The quantitative estimate of drug-likeness (QED) is 0.804. The molecule has 2 rings (SSSR count). The second-order valence-electron chi connectivity index (χ2n) is 3.78. The van der Waals surface area contributed by atoms with Crippen molar-refractivity contribution in [3.63, 3.8) is 0 Å². The van der Waals surface area contributed by atoms with Gasteiger partial charge in [-0.05, 0) is 13.8 Å². The highest BCUT2D eigenvalue weighted by atomic mass is 16.1. The zero-order chi connectivity index (χ0) is 11.0. The summed E-state index contributed by atoms with van der Waals surface area (Å²) in [4.78, 5) is 22.8. The predicted molar refractivity (Wildman–Crippen MR) is 57.9 cm³/mol. The Morgan fingerprint density at radius 2 is 2.27 bits per heavy atom. The molecule has 0 aliphatic rings. The van der Waals surface area contributed by atoms with Crippen molar-refractivity contribution < 1.29 is 0 Å². The van der Waals surface area contributed by atoms with E-state index in [0.29, 0.717) is 23.4 Å². The lowest BCUT2D eigenvalue weighted by atomic mass is 10.4. The van der Waals surface area contributed by atoms with Crippen LogP contribution in [0.25, 0.3) is 11.2 Å². The molecule has 0 bridgehead atoms. The number of imidazole rings is 1. The first-order valence-corrected chi connectivity index (χ1v) is 5.09. The van der Waals surface area contributed by atoms with Gasteiger partial charge in [-0.3, -0.25) is 4.79 Å². The maximum atomic E-state index is 11.6. The van der Waals surface area contributed by atoms with Crippen molar-refractivity contribution >= 4 is 11.2 Å². The van der Waals surface area contributed by atoms with E-state index in [9.17, 15) is 4.79 Å². The van der Waals surface area contributed by atoms with E-state index in [4.69, 9.17) is 0 Å². The highest BCUT2D eigenvalue weighted by molar-refractivity contribution is 5.69. The van der Waals surface area contributed by atoms with Gasteiger partial charge in [0.2, 0.25) is 0 Å². The molecular formula is C10H14N4O. The summed E-state index contributed by atoms with van der Waals surface area (Å²) in [6.45, 7) is 6.03. The number of nitrogens with one attached hydrogen (secondary N) is 1. The van der Waals surface area contributed by atoms with E-state index in [1.165, 1.54) is 0 Å². The lowest BCUT2D eigenvalue weighted by Crippen LogP contribution is -2.12. The molecule has 0 saturated heterocycles. The molecule has 0 aliphatic heterocycles. The van der Waals surface area contributed by atoms with Crippen LogP contribution in [-0.2, 0) is 6.42 Å². The summed E-state index contributed by atoms with van der Waals surface area (Å²) < 4.78 is 1.91. The number of hydrogen-bond acceptors (Lipinski definition) is 3. The molecule has 0 amide bonds. The van der Waals surface area contributed by atoms with Gasteiger partial charge in [0, 0.05) is 12.5 Å². The van der Waals surface area contributed by atoms with Crippen LogP contribution in [-0.4, -0.2) is 19.5 Å². The fourth-order valence-corrected chi connectivity index (χ4v) is 1.52. The Morgan fingerprint density at radius 1 is 1.53 bits per heavy atom. The number of aryl methyl sites for hydroxylation is 1. The smallest absolute Gasteiger partial charge is 0.279 e. The molecule has 5 heteroatoms. The first-order chi connectivity index (χ1) is 7.13. The van der Waals surface area contributed by atoms with Gasteiger partial charge in [0.25, 0.3) is 5.56 Å². The van der Waals surface area contributed by atoms with Crippen molar-refractivity contribution in [2.75, 3.05) is 0 Å². The third kappa shape index (κ3) is 1.54. The van der Waals surface area contributed by atoms with Crippen molar-refractivity contribution in [2.45, 2.75) is 33.2 Å². The van der Waals surface area contributed by atoms with Crippen LogP contribution >= 0.6 is 0 Å². The second-order valence-corrected chi connectivity index (χ2v) is 3.78. The third-order valence-electron chi connectivity index (χ3n) is 2.37. The number of aromatic nitrogens is 4. The Hall–Kier alpha value is -1.65. The minimum atomic E-state index is -0.156. The minimum absolute atomic E-state index is 0.156. The molecular weight excluding hydrogens is 192 g/mol. The number of hydrogen-bond donors (Lipinski definition) is 1. The number of fused-ring (bicyclic) bond motifs is 1. The van der Waals surface area contributed by atoms with E-state index in [2.05, 4.69) is 15.0 Å². The Kier molecular flexibility index (Phi) is 2.30. The standard InChI is InChI=1S/C10H14N4O/c1-4-7-12-9-8(10(15)13-7)11-5-14(9)6(2)3/h5-6H,4H2,1-3H3,(H,12,13,15). The van der Waals surface area contributed by atoms with Gasteiger partial charge >= 0.3 is 0 Å². The molecule has 0 aliphatic carbocycles. The van der Waals surface area contributed by atoms with Crippen LogP contribution < -0.4 is 5.56 Å². The van der Waals surface area contributed by atoms with Crippen LogP contribution in [0.5, 0.6) is 0 Å². The van der Waals surface area contributed by atoms with Crippen molar-refractivity contribution in [1.29, 1.82) is 0 Å². The van der Waals surface area contributed by atoms with Gasteiger partial charge < -0.3 is 9.55 Å². The van der Waals surface area contributed by atoms with E-state index in [1.54, 1.807) is 6.33 Å². The van der Waals surface area contributed by atoms with Crippen molar-refractivity contribution in [1.82, 2.24) is 19.5 Å². The van der Waals surface area contributed by atoms with Crippen molar-refractivity contribution in [2.24, 2.45) is 0 Å². The molecule has 80 valence electrons. The summed E-state index contributed by atoms with van der Waals surface area (Å²) in [6, 6.07) is 0.258. The normalized spacial score (nSPS) is 11.5. The largest absolute Gasteiger partial charge is 0.313 e. The topological polar surface area (TPSA) is 63.6 Å². The first kappa shape index (κ1) is 9.89. The van der Waals surface area contributed by atoms with Crippen LogP contribution in [0, 0.1) is 0 Å². The summed E-state index contributed by atoms with van der Waals surface area (Å²) >= 11 is 0. The molecule has 1 N–H and O–H groups in total. The van der Waals surface area contributed by atoms with Gasteiger partial charge in [-0.15, -0.1) is 0 Å². The number of rotatable bonds is 2. The number of nitrogens with zero attached hydrogens (tertiary/aromatic N) is 3. The molecule has 2 aromatic heterocycles. The molecule has 0 atom stereocenters. The summed E-state index contributed by atoms with van der Waals surface area (Å²) in [5.41, 5.74) is 0.933. The van der Waals surface area contributed by atoms with Gasteiger partial charge in [-0.1, -0.05) is 6.92 Å². The molecule has 0 unspecified atom stereocenters. The highest BCUT2D eigenvalue weighted by Gasteiger charge is 2.10. The van der Waals surface area contributed by atoms with Gasteiger partial charge in [-0.2, -0.15) is 0 Å². The molecule has 2 heterocycles. The second kappa shape index (κ2) is 3.49. The van der Waals surface area contributed by atoms with E-state index in [-0.39, 0.29) is 11.6 Å². The maximum absolute atomic E-state index is 11.6. The highest BCUT2D eigenvalue weighted by Crippen LogP contribution is 2.12. The molecule has 2 aromatic rings. The lowest BCUT2D eigenvalue weighted by molar-refractivity contribution is 0.611. The number of H-pyrrole nitrogens is 1. The van der Waals surface area contributed by atoms with Crippen LogP contribution in [0.2, 0.25) is 0 Å². The fourth-order valence-electron chi connectivity index (χ4n) is 1.52. The average molecular weight is 206 g/mol. The van der Waals surface area contributed by atoms with Gasteiger partial charge in [0.1, 0.15) is 5.82 Å². The Labute approximate surface area is 87.2 Å². The van der Waals surface area contributed by atoms with E-state index >= 15 is 0 Å². The Balaban J connectivity index is 2.78. The zero-order valence-corrected chi connectivity index (χ0v) is 9.11.